The third-order valence-corrected chi connectivity index (χ3v) is 8.91. The predicted octanol–water partition coefficient (Wildman–Crippen LogP) is 3.39. The molecule has 1 rings (SSSR count). The van der Waals surface area contributed by atoms with E-state index in [1.165, 1.54) is 0 Å². The molecule has 5 heteroatoms. The van der Waals surface area contributed by atoms with Crippen molar-refractivity contribution in [2.75, 3.05) is 25.5 Å². The summed E-state index contributed by atoms with van der Waals surface area (Å²) in [5, 5.41) is 3.09. The largest absolute Gasteiger partial charge is 0.413 e. The minimum atomic E-state index is -1.72. The van der Waals surface area contributed by atoms with E-state index in [4.69, 9.17) is 4.43 Å². The molecule has 0 aliphatic heterocycles. The summed E-state index contributed by atoms with van der Waals surface area (Å²) in [4.78, 5) is 13.5. The summed E-state index contributed by atoms with van der Waals surface area (Å²) in [6, 6.07) is 8.01. The van der Waals surface area contributed by atoms with Gasteiger partial charge in [0.2, 0.25) is 5.91 Å². The normalized spacial score (nSPS) is 12.3. The van der Waals surface area contributed by atoms with E-state index >= 15 is 0 Å². The maximum absolute atomic E-state index is 11.8. The Hall–Kier alpha value is -1.17. The van der Waals surface area contributed by atoms with Gasteiger partial charge in [0.05, 0.1) is 13.2 Å². The summed E-state index contributed by atoms with van der Waals surface area (Å²) in [6.45, 7) is 12.2. The molecule has 1 aromatic carbocycles. The minimum absolute atomic E-state index is 0.0489. The van der Waals surface area contributed by atoms with Gasteiger partial charge in [0.1, 0.15) is 0 Å². The number of anilines is 1. The van der Waals surface area contributed by atoms with Gasteiger partial charge in [-0.05, 0) is 42.9 Å². The standard InChI is InChI=1S/C17H30N2O2Si/c1-17(2,3)22(6,7)21-13-14-8-10-15(11-9-14)19(5)16(20)12-18-4/h8-11,18H,12-13H2,1-7H3. The number of benzene rings is 1. The highest BCUT2D eigenvalue weighted by molar-refractivity contribution is 6.74. The fraction of sp³-hybridized carbons (Fsp3) is 0.588. The minimum Gasteiger partial charge on any atom is -0.413 e. The van der Waals surface area contributed by atoms with E-state index in [1.54, 1.807) is 19.0 Å². The molecule has 124 valence electrons. The average molecular weight is 323 g/mol. The van der Waals surface area contributed by atoms with Gasteiger partial charge < -0.3 is 14.6 Å². The third kappa shape index (κ3) is 4.93. The summed E-state index contributed by atoms with van der Waals surface area (Å²) in [6.07, 6.45) is 0. The van der Waals surface area contributed by atoms with Gasteiger partial charge in [-0.3, -0.25) is 4.79 Å². The molecule has 0 heterocycles. The first-order chi connectivity index (χ1) is 10.1. The fourth-order valence-electron chi connectivity index (χ4n) is 1.71. The van der Waals surface area contributed by atoms with Crippen LogP contribution in [0.25, 0.3) is 0 Å². The van der Waals surface area contributed by atoms with Crippen molar-refractivity contribution in [2.45, 2.75) is 45.5 Å². The summed E-state index contributed by atoms with van der Waals surface area (Å²) in [7, 11) is 1.84. The Morgan fingerprint density at radius 3 is 2.23 bits per heavy atom. The monoisotopic (exact) mass is 322 g/mol. The second-order valence-corrected chi connectivity index (χ2v) is 12.0. The average Bonchev–Trinajstić information content (AvgIpc) is 2.44. The number of nitrogens with one attached hydrogen (secondary N) is 1. The Morgan fingerprint density at radius 1 is 1.23 bits per heavy atom. The summed E-state index contributed by atoms with van der Waals surface area (Å²) in [5.41, 5.74) is 2.04. The van der Waals surface area contributed by atoms with Crippen LogP contribution in [0, 0.1) is 0 Å². The summed E-state index contributed by atoms with van der Waals surface area (Å²) >= 11 is 0. The van der Waals surface area contributed by atoms with Crippen LogP contribution in [0.2, 0.25) is 18.1 Å². The fourth-order valence-corrected chi connectivity index (χ4v) is 2.67. The van der Waals surface area contributed by atoms with Crippen molar-refractivity contribution in [1.82, 2.24) is 5.32 Å². The maximum Gasteiger partial charge on any atom is 0.240 e. The second kappa shape index (κ2) is 7.40. The van der Waals surface area contributed by atoms with Gasteiger partial charge in [-0.15, -0.1) is 0 Å². The maximum atomic E-state index is 11.8. The van der Waals surface area contributed by atoms with Gasteiger partial charge in [-0.25, -0.2) is 0 Å². The first kappa shape index (κ1) is 18.9. The molecule has 0 spiro atoms. The van der Waals surface area contributed by atoms with Crippen LogP contribution in [-0.2, 0) is 15.8 Å². The zero-order valence-corrected chi connectivity index (χ0v) is 16.0. The topological polar surface area (TPSA) is 41.6 Å². The zero-order chi connectivity index (χ0) is 17.0. The van der Waals surface area contributed by atoms with Gasteiger partial charge in [0.15, 0.2) is 8.32 Å². The number of carbonyl (C=O) groups excluding carboxylic acids is 1. The van der Waals surface area contributed by atoms with Crippen LogP contribution in [0.4, 0.5) is 5.69 Å². The third-order valence-electron chi connectivity index (χ3n) is 4.43. The Balaban J connectivity index is 2.68. The van der Waals surface area contributed by atoms with Crippen LogP contribution < -0.4 is 10.2 Å². The first-order valence-corrected chi connectivity index (χ1v) is 10.6. The molecule has 0 bridgehead atoms. The number of rotatable bonds is 6. The second-order valence-electron chi connectivity index (χ2n) is 7.20. The molecular weight excluding hydrogens is 292 g/mol. The molecule has 0 aliphatic carbocycles. The highest BCUT2D eigenvalue weighted by Crippen LogP contribution is 2.37. The first-order valence-electron chi connectivity index (χ1n) is 7.72. The number of hydrogen-bond donors (Lipinski definition) is 1. The van der Waals surface area contributed by atoms with E-state index in [2.05, 4.69) is 39.2 Å². The lowest BCUT2D eigenvalue weighted by Crippen LogP contribution is -2.40. The van der Waals surface area contributed by atoms with Crippen LogP contribution in [0.1, 0.15) is 26.3 Å². The number of carbonyl (C=O) groups is 1. The molecule has 0 saturated heterocycles. The van der Waals surface area contributed by atoms with Gasteiger partial charge in [0, 0.05) is 12.7 Å². The lowest BCUT2D eigenvalue weighted by molar-refractivity contribution is -0.117. The van der Waals surface area contributed by atoms with Gasteiger partial charge in [-0.1, -0.05) is 32.9 Å². The quantitative estimate of drug-likeness (QED) is 0.816. The molecular formula is C17H30N2O2Si. The van der Waals surface area contributed by atoms with Crippen LogP contribution in [-0.4, -0.2) is 34.9 Å². The Morgan fingerprint density at radius 2 is 1.77 bits per heavy atom. The SMILES string of the molecule is CNCC(=O)N(C)c1ccc(CO[Si](C)(C)C(C)(C)C)cc1. The smallest absolute Gasteiger partial charge is 0.240 e. The van der Waals surface area contributed by atoms with Crippen molar-refractivity contribution < 1.29 is 9.22 Å². The van der Waals surface area contributed by atoms with Crippen molar-refractivity contribution in [3.05, 3.63) is 29.8 Å². The lowest BCUT2D eigenvalue weighted by atomic mass is 10.2. The summed E-state index contributed by atoms with van der Waals surface area (Å²) < 4.78 is 6.21. The van der Waals surface area contributed by atoms with Gasteiger partial charge in [0.25, 0.3) is 0 Å². The number of amides is 1. The lowest BCUT2D eigenvalue weighted by Gasteiger charge is -2.36. The van der Waals surface area contributed by atoms with Gasteiger partial charge in [-0.2, -0.15) is 0 Å². The van der Waals surface area contributed by atoms with Crippen LogP contribution in [0.3, 0.4) is 0 Å². The van der Waals surface area contributed by atoms with Crippen LogP contribution in [0.5, 0.6) is 0 Å². The van der Waals surface area contributed by atoms with Crippen LogP contribution in [0.15, 0.2) is 24.3 Å². The molecule has 0 unspecified atom stereocenters. The molecule has 0 fully saturated rings. The molecule has 0 saturated carbocycles. The Labute approximate surface area is 136 Å². The van der Waals surface area contributed by atoms with E-state index in [0.717, 1.165) is 11.3 Å². The van der Waals surface area contributed by atoms with Crippen molar-refractivity contribution in [2.24, 2.45) is 0 Å². The summed E-state index contributed by atoms with van der Waals surface area (Å²) in [5.74, 6) is 0.0489. The van der Waals surface area contributed by atoms with Crippen molar-refractivity contribution in [3.8, 4) is 0 Å². The Bertz CT molecular complexity index is 492. The molecule has 4 nitrogen and oxygen atoms in total. The predicted molar refractivity (Wildman–Crippen MR) is 95.8 cm³/mol. The highest BCUT2D eigenvalue weighted by atomic mass is 28.4. The van der Waals surface area contributed by atoms with E-state index < -0.39 is 8.32 Å². The van der Waals surface area contributed by atoms with Crippen molar-refractivity contribution >= 4 is 19.9 Å². The van der Waals surface area contributed by atoms with Crippen molar-refractivity contribution in [3.63, 3.8) is 0 Å². The highest BCUT2D eigenvalue weighted by Gasteiger charge is 2.36. The molecule has 22 heavy (non-hydrogen) atoms. The van der Waals surface area contributed by atoms with E-state index in [9.17, 15) is 4.79 Å². The van der Waals surface area contributed by atoms with Crippen molar-refractivity contribution in [1.29, 1.82) is 0 Å². The van der Waals surface area contributed by atoms with E-state index in [0.29, 0.717) is 13.2 Å². The molecule has 1 N–H and O–H groups in total. The molecule has 0 radical (unpaired) electrons. The Kier molecular flexibility index (Phi) is 6.34. The molecule has 0 aromatic heterocycles. The molecule has 0 aliphatic rings. The van der Waals surface area contributed by atoms with E-state index in [-0.39, 0.29) is 10.9 Å². The van der Waals surface area contributed by atoms with Gasteiger partial charge >= 0.3 is 0 Å². The number of nitrogens with zero attached hydrogens (tertiary/aromatic N) is 1. The molecule has 1 amide bonds. The zero-order valence-electron chi connectivity index (χ0n) is 15.0. The number of hydrogen-bond acceptors (Lipinski definition) is 3. The molecule has 0 atom stereocenters. The van der Waals surface area contributed by atoms with Crippen LogP contribution >= 0.6 is 0 Å². The van der Waals surface area contributed by atoms with E-state index in [1.807, 2.05) is 24.3 Å². The number of likely N-dealkylation sites (N-methyl/N-ethyl adjacent to an activating group) is 2. The molecule has 1 aromatic rings.